The van der Waals surface area contributed by atoms with Gasteiger partial charge in [-0.1, -0.05) is 42.5 Å². The van der Waals surface area contributed by atoms with Crippen molar-refractivity contribution in [3.63, 3.8) is 0 Å². The summed E-state index contributed by atoms with van der Waals surface area (Å²) in [7, 11) is 0. The Hall–Kier alpha value is -2.18. The minimum atomic E-state index is -4.29. The van der Waals surface area contributed by atoms with Gasteiger partial charge in [0.05, 0.1) is 10.4 Å². The molecule has 0 unspecified atom stereocenters. The van der Waals surface area contributed by atoms with Crippen molar-refractivity contribution in [1.82, 2.24) is 10.3 Å². The van der Waals surface area contributed by atoms with Gasteiger partial charge in [0.1, 0.15) is 5.01 Å². The zero-order valence-electron chi connectivity index (χ0n) is 12.7. The Morgan fingerprint density at radius 3 is 2.29 bits per heavy atom. The van der Waals surface area contributed by atoms with Crippen LogP contribution in [0.3, 0.4) is 0 Å². The molecular formula is C18H15F3N2S. The standard InChI is InChI=1S/C18H15F3N2S/c19-18(20,21)15-8-6-13(7-9-15)10-22-12-17-23-11-16(24-17)14-4-2-1-3-5-14/h1-9,11,22H,10,12H2. The molecule has 0 aliphatic carbocycles. The third-order valence-corrected chi connectivity index (χ3v) is 4.54. The SMILES string of the molecule is FC(F)(F)c1ccc(CNCc2ncc(-c3ccccc3)s2)cc1. The molecule has 3 rings (SSSR count). The van der Waals surface area contributed by atoms with Crippen LogP contribution in [0.25, 0.3) is 10.4 Å². The maximum absolute atomic E-state index is 12.5. The Morgan fingerprint density at radius 2 is 1.62 bits per heavy atom. The fourth-order valence-electron chi connectivity index (χ4n) is 2.25. The molecule has 0 atom stereocenters. The first-order valence-electron chi connectivity index (χ1n) is 7.39. The lowest BCUT2D eigenvalue weighted by molar-refractivity contribution is -0.137. The van der Waals surface area contributed by atoms with Crippen LogP contribution >= 0.6 is 11.3 Å². The van der Waals surface area contributed by atoms with Crippen LogP contribution in [0.1, 0.15) is 16.1 Å². The van der Waals surface area contributed by atoms with Gasteiger partial charge < -0.3 is 5.32 Å². The summed E-state index contributed by atoms with van der Waals surface area (Å²) in [5.74, 6) is 0. The zero-order valence-corrected chi connectivity index (χ0v) is 13.5. The van der Waals surface area contributed by atoms with E-state index in [1.807, 2.05) is 36.5 Å². The van der Waals surface area contributed by atoms with E-state index in [2.05, 4.69) is 10.3 Å². The van der Waals surface area contributed by atoms with Gasteiger partial charge in [-0.05, 0) is 23.3 Å². The second-order valence-corrected chi connectivity index (χ2v) is 6.40. The smallest absolute Gasteiger partial charge is 0.306 e. The first-order chi connectivity index (χ1) is 11.5. The maximum Gasteiger partial charge on any atom is 0.416 e. The summed E-state index contributed by atoms with van der Waals surface area (Å²) in [6, 6.07) is 15.2. The maximum atomic E-state index is 12.5. The van der Waals surface area contributed by atoms with Crippen molar-refractivity contribution in [2.24, 2.45) is 0 Å². The fourth-order valence-corrected chi connectivity index (χ4v) is 3.15. The Labute approximate surface area is 142 Å². The Balaban J connectivity index is 1.54. The number of halogens is 3. The topological polar surface area (TPSA) is 24.9 Å². The van der Waals surface area contributed by atoms with Crippen LogP contribution in [0.15, 0.2) is 60.8 Å². The normalized spacial score (nSPS) is 11.6. The Bertz CT molecular complexity index is 780. The summed E-state index contributed by atoms with van der Waals surface area (Å²) < 4.78 is 37.5. The van der Waals surface area contributed by atoms with Crippen molar-refractivity contribution in [3.05, 3.63) is 76.9 Å². The van der Waals surface area contributed by atoms with Crippen molar-refractivity contribution in [2.75, 3.05) is 0 Å². The molecule has 1 aromatic heterocycles. The molecule has 0 radical (unpaired) electrons. The second kappa shape index (κ2) is 7.15. The molecule has 0 spiro atoms. The minimum Gasteiger partial charge on any atom is -0.306 e. The molecular weight excluding hydrogens is 333 g/mol. The molecule has 0 bridgehead atoms. The molecule has 6 heteroatoms. The van der Waals surface area contributed by atoms with E-state index < -0.39 is 11.7 Å². The van der Waals surface area contributed by atoms with E-state index in [4.69, 9.17) is 0 Å². The van der Waals surface area contributed by atoms with E-state index in [0.717, 1.165) is 33.1 Å². The van der Waals surface area contributed by atoms with Crippen molar-refractivity contribution >= 4 is 11.3 Å². The summed E-state index contributed by atoms with van der Waals surface area (Å²) in [4.78, 5) is 5.48. The number of hydrogen-bond acceptors (Lipinski definition) is 3. The van der Waals surface area contributed by atoms with Gasteiger partial charge >= 0.3 is 6.18 Å². The van der Waals surface area contributed by atoms with Crippen LogP contribution in [-0.2, 0) is 19.3 Å². The fraction of sp³-hybridized carbons (Fsp3) is 0.167. The number of aromatic nitrogens is 1. The Kier molecular flexibility index (Phi) is 4.97. The quantitative estimate of drug-likeness (QED) is 0.692. The summed E-state index contributed by atoms with van der Waals surface area (Å²) in [5, 5.41) is 4.15. The molecule has 0 fully saturated rings. The summed E-state index contributed by atoms with van der Waals surface area (Å²) >= 11 is 1.60. The van der Waals surface area contributed by atoms with Crippen LogP contribution in [0.2, 0.25) is 0 Å². The summed E-state index contributed by atoms with van der Waals surface area (Å²) in [5.41, 5.74) is 1.31. The largest absolute Gasteiger partial charge is 0.416 e. The molecule has 1 N–H and O–H groups in total. The van der Waals surface area contributed by atoms with E-state index in [-0.39, 0.29) is 0 Å². The predicted molar refractivity (Wildman–Crippen MR) is 89.5 cm³/mol. The van der Waals surface area contributed by atoms with Crippen LogP contribution in [0.5, 0.6) is 0 Å². The number of thiazole rings is 1. The highest BCUT2D eigenvalue weighted by atomic mass is 32.1. The molecule has 0 saturated heterocycles. The highest BCUT2D eigenvalue weighted by Gasteiger charge is 2.29. The molecule has 1 heterocycles. The van der Waals surface area contributed by atoms with Crippen LogP contribution in [0, 0.1) is 0 Å². The van der Waals surface area contributed by atoms with Crippen molar-refractivity contribution in [1.29, 1.82) is 0 Å². The van der Waals surface area contributed by atoms with Crippen LogP contribution in [0.4, 0.5) is 13.2 Å². The van der Waals surface area contributed by atoms with E-state index in [1.165, 1.54) is 12.1 Å². The van der Waals surface area contributed by atoms with E-state index in [0.29, 0.717) is 13.1 Å². The van der Waals surface area contributed by atoms with Gasteiger partial charge in [0.2, 0.25) is 0 Å². The molecule has 2 nitrogen and oxygen atoms in total. The van der Waals surface area contributed by atoms with Crippen molar-refractivity contribution in [3.8, 4) is 10.4 Å². The van der Waals surface area contributed by atoms with Gasteiger partial charge in [-0.3, -0.25) is 0 Å². The minimum absolute atomic E-state index is 0.498. The number of nitrogens with zero attached hydrogens (tertiary/aromatic N) is 1. The third-order valence-electron chi connectivity index (χ3n) is 3.50. The highest BCUT2D eigenvalue weighted by molar-refractivity contribution is 7.15. The number of rotatable bonds is 5. The molecule has 2 aromatic carbocycles. The van der Waals surface area contributed by atoms with Crippen LogP contribution in [-0.4, -0.2) is 4.98 Å². The number of nitrogens with one attached hydrogen (secondary N) is 1. The second-order valence-electron chi connectivity index (χ2n) is 5.28. The average Bonchev–Trinajstić information content (AvgIpc) is 3.04. The van der Waals surface area contributed by atoms with E-state index >= 15 is 0 Å². The van der Waals surface area contributed by atoms with Gasteiger partial charge in [0, 0.05) is 19.3 Å². The highest BCUT2D eigenvalue weighted by Crippen LogP contribution is 2.29. The van der Waals surface area contributed by atoms with E-state index in [1.54, 1.807) is 11.3 Å². The van der Waals surface area contributed by atoms with Gasteiger partial charge in [0.25, 0.3) is 0 Å². The zero-order chi connectivity index (χ0) is 17.0. The summed E-state index contributed by atoms with van der Waals surface area (Å²) in [6.07, 6.45) is -2.45. The average molecular weight is 348 g/mol. The van der Waals surface area contributed by atoms with Gasteiger partial charge in [0.15, 0.2) is 0 Å². The first kappa shape index (κ1) is 16.7. The first-order valence-corrected chi connectivity index (χ1v) is 8.21. The van der Waals surface area contributed by atoms with Crippen molar-refractivity contribution in [2.45, 2.75) is 19.3 Å². The van der Waals surface area contributed by atoms with E-state index in [9.17, 15) is 13.2 Å². The van der Waals surface area contributed by atoms with Gasteiger partial charge in [-0.2, -0.15) is 13.2 Å². The molecule has 0 aliphatic rings. The van der Waals surface area contributed by atoms with Gasteiger partial charge in [-0.15, -0.1) is 11.3 Å². The monoisotopic (exact) mass is 348 g/mol. The summed E-state index contributed by atoms with van der Waals surface area (Å²) in [6.45, 7) is 1.08. The van der Waals surface area contributed by atoms with Gasteiger partial charge in [-0.25, -0.2) is 4.98 Å². The lowest BCUT2D eigenvalue weighted by Gasteiger charge is -2.08. The lowest BCUT2D eigenvalue weighted by Crippen LogP contribution is -2.12. The number of hydrogen-bond donors (Lipinski definition) is 1. The Morgan fingerprint density at radius 1 is 0.917 bits per heavy atom. The number of alkyl halides is 3. The molecule has 0 saturated carbocycles. The predicted octanol–water partition coefficient (Wildman–Crippen LogP) is 5.12. The number of benzene rings is 2. The molecule has 0 aliphatic heterocycles. The van der Waals surface area contributed by atoms with Crippen molar-refractivity contribution < 1.29 is 13.2 Å². The molecule has 124 valence electrons. The van der Waals surface area contributed by atoms with Crippen LogP contribution < -0.4 is 5.32 Å². The molecule has 3 aromatic rings. The molecule has 24 heavy (non-hydrogen) atoms. The molecule has 0 amide bonds. The lowest BCUT2D eigenvalue weighted by atomic mass is 10.1. The third kappa shape index (κ3) is 4.21.